The summed E-state index contributed by atoms with van der Waals surface area (Å²) in [6, 6.07) is 13.1. The second kappa shape index (κ2) is 12.8. The molecule has 0 radical (unpaired) electrons. The molecule has 13 heteroatoms. The van der Waals surface area contributed by atoms with Gasteiger partial charge in [0, 0.05) is 18.7 Å². The lowest BCUT2D eigenvalue weighted by Gasteiger charge is -2.24. The number of sulfone groups is 1. The predicted octanol–water partition coefficient (Wildman–Crippen LogP) is 3.99. The highest BCUT2D eigenvalue weighted by atomic mass is 32.2. The lowest BCUT2D eigenvalue weighted by molar-refractivity contribution is 0.0557. The van der Waals surface area contributed by atoms with Gasteiger partial charge in [-0.25, -0.2) is 17.2 Å². The van der Waals surface area contributed by atoms with Crippen LogP contribution in [-0.4, -0.2) is 48.8 Å². The molecule has 1 aromatic heterocycles. The van der Waals surface area contributed by atoms with E-state index in [0.29, 0.717) is 17.2 Å². The molecule has 43 heavy (non-hydrogen) atoms. The maximum atomic E-state index is 14.2. The van der Waals surface area contributed by atoms with E-state index in [2.05, 4.69) is 4.98 Å². The van der Waals surface area contributed by atoms with Gasteiger partial charge in [0.25, 0.3) is 5.56 Å². The normalized spacial score (nSPS) is 12.4. The van der Waals surface area contributed by atoms with Crippen molar-refractivity contribution in [1.82, 2.24) is 9.55 Å². The van der Waals surface area contributed by atoms with Crippen LogP contribution >= 0.6 is 0 Å². The number of primary amides is 1. The molecule has 10 nitrogen and oxygen atoms in total. The van der Waals surface area contributed by atoms with Gasteiger partial charge >= 0.3 is 0 Å². The van der Waals surface area contributed by atoms with Crippen molar-refractivity contribution < 1.29 is 36.6 Å². The fourth-order valence-corrected chi connectivity index (χ4v) is 5.92. The third kappa shape index (κ3) is 6.63. The quantitative estimate of drug-likeness (QED) is 0.258. The minimum Gasteiger partial charge on any atom is -0.492 e. The summed E-state index contributed by atoms with van der Waals surface area (Å²) in [5, 5.41) is 10.8. The molecule has 0 aliphatic heterocycles. The first-order chi connectivity index (χ1) is 20.3. The molecule has 0 aliphatic rings. The molecule has 3 aromatic carbocycles. The Balaban J connectivity index is 1.90. The van der Waals surface area contributed by atoms with Crippen LogP contribution in [0.15, 0.2) is 81.3 Å². The van der Waals surface area contributed by atoms with E-state index in [-0.39, 0.29) is 41.2 Å². The maximum absolute atomic E-state index is 14.2. The molecule has 0 spiro atoms. The first kappa shape index (κ1) is 31.5. The molecule has 0 bridgehead atoms. The van der Waals surface area contributed by atoms with Gasteiger partial charge in [0.2, 0.25) is 21.6 Å². The number of rotatable bonds is 11. The number of hydrogen-bond acceptors (Lipinski definition) is 8. The van der Waals surface area contributed by atoms with Crippen molar-refractivity contribution in [2.24, 2.45) is 5.73 Å². The Labute approximate surface area is 246 Å². The molecule has 1 amide bonds. The number of nitrogens with zero attached hydrogens (tertiary/aromatic N) is 2. The van der Waals surface area contributed by atoms with Gasteiger partial charge in [0.1, 0.15) is 24.1 Å². The average Bonchev–Trinajstić information content (AvgIpc) is 2.94. The number of amides is 1. The highest BCUT2D eigenvalue weighted by molar-refractivity contribution is 7.91. The van der Waals surface area contributed by atoms with Gasteiger partial charge in [0.05, 0.1) is 23.6 Å². The van der Waals surface area contributed by atoms with Gasteiger partial charge in [-0.3, -0.25) is 14.2 Å². The first-order valence-electron chi connectivity index (χ1n) is 13.0. The standard InChI is InChI=1S/C30H29F2N3O7S/c1-17(2)42-16-26-34-29(37)27(30(38)35(26)25(15-41-3)19-12-20(31)14-21(32)13-19)43(39,40)22-10-8-18(9-11-22)23-6-4-5-7-24(23)28(33)36/h4-14,17,25,37H,15-16H2,1-3H3,(H2,33,36). The number of nitrogens with two attached hydrogens (primary N) is 1. The molecular formula is C30H29F2N3O7S. The van der Waals surface area contributed by atoms with Crippen molar-refractivity contribution in [3.63, 3.8) is 0 Å². The van der Waals surface area contributed by atoms with E-state index in [9.17, 15) is 31.9 Å². The SMILES string of the molecule is COCC(c1cc(F)cc(F)c1)n1c(COC(C)C)nc(O)c(S(=O)(=O)c2ccc(-c3ccccc3C(N)=O)cc2)c1=O. The monoisotopic (exact) mass is 613 g/mol. The third-order valence-corrected chi connectivity index (χ3v) is 8.31. The molecule has 4 rings (SSSR count). The number of halogens is 2. The largest absolute Gasteiger partial charge is 0.492 e. The number of methoxy groups -OCH3 is 1. The van der Waals surface area contributed by atoms with Gasteiger partial charge in [0.15, 0.2) is 4.90 Å². The third-order valence-electron chi connectivity index (χ3n) is 6.52. The lowest BCUT2D eigenvalue weighted by atomic mass is 9.99. The smallest absolute Gasteiger partial charge is 0.277 e. The highest BCUT2D eigenvalue weighted by Crippen LogP contribution is 2.30. The Morgan fingerprint density at radius 1 is 1.05 bits per heavy atom. The second-order valence-electron chi connectivity index (χ2n) is 9.83. The second-order valence-corrected chi connectivity index (χ2v) is 11.7. The van der Waals surface area contributed by atoms with Crippen molar-refractivity contribution in [3.05, 3.63) is 106 Å². The van der Waals surface area contributed by atoms with Crippen LogP contribution < -0.4 is 11.3 Å². The summed E-state index contributed by atoms with van der Waals surface area (Å²) in [6.45, 7) is 2.77. The fourth-order valence-electron chi connectivity index (χ4n) is 4.58. The number of ether oxygens (including phenoxy) is 2. The molecule has 0 fully saturated rings. The zero-order valence-electron chi connectivity index (χ0n) is 23.5. The minimum absolute atomic E-state index is 0.0412. The molecule has 3 N–H and O–H groups in total. The van der Waals surface area contributed by atoms with Crippen LogP contribution in [0, 0.1) is 11.6 Å². The van der Waals surface area contributed by atoms with Crippen molar-refractivity contribution >= 4 is 15.7 Å². The van der Waals surface area contributed by atoms with E-state index in [1.54, 1.807) is 32.0 Å². The molecule has 226 valence electrons. The highest BCUT2D eigenvalue weighted by Gasteiger charge is 2.32. The van der Waals surface area contributed by atoms with Crippen LogP contribution in [0.25, 0.3) is 11.1 Å². The van der Waals surface area contributed by atoms with E-state index in [1.165, 1.54) is 37.4 Å². The summed E-state index contributed by atoms with van der Waals surface area (Å²) in [6.07, 6.45) is -0.346. The number of carbonyl (C=O) groups is 1. The minimum atomic E-state index is -4.71. The van der Waals surface area contributed by atoms with Crippen LogP contribution in [0.1, 0.15) is 41.6 Å². The van der Waals surface area contributed by atoms with Gasteiger partial charge in [-0.05, 0) is 60.9 Å². The Kier molecular flexibility index (Phi) is 9.38. The Bertz CT molecular complexity index is 1800. The molecule has 4 aromatic rings. The maximum Gasteiger partial charge on any atom is 0.277 e. The van der Waals surface area contributed by atoms with E-state index in [1.807, 2.05) is 0 Å². The van der Waals surface area contributed by atoms with Crippen LogP contribution in [0.4, 0.5) is 8.78 Å². The Hall–Kier alpha value is -4.46. The topological polar surface area (TPSA) is 151 Å². The van der Waals surface area contributed by atoms with Crippen molar-refractivity contribution in [2.45, 2.75) is 42.4 Å². The molecule has 0 saturated carbocycles. The first-order valence-corrected chi connectivity index (χ1v) is 14.5. The average molecular weight is 614 g/mol. The molecule has 0 saturated heterocycles. The summed E-state index contributed by atoms with van der Waals surface area (Å²) in [5.74, 6) is -3.80. The predicted molar refractivity (Wildman–Crippen MR) is 152 cm³/mol. The summed E-state index contributed by atoms with van der Waals surface area (Å²) >= 11 is 0. The van der Waals surface area contributed by atoms with Gasteiger partial charge in [-0.2, -0.15) is 4.98 Å². The van der Waals surface area contributed by atoms with Crippen LogP contribution in [0.3, 0.4) is 0 Å². The van der Waals surface area contributed by atoms with Gasteiger partial charge < -0.3 is 20.3 Å². The zero-order valence-corrected chi connectivity index (χ0v) is 24.3. The van der Waals surface area contributed by atoms with E-state index in [4.69, 9.17) is 15.2 Å². The molecule has 1 atom stereocenters. The van der Waals surface area contributed by atoms with Crippen molar-refractivity contribution in [3.8, 4) is 17.0 Å². The van der Waals surface area contributed by atoms with E-state index < -0.39 is 49.8 Å². The van der Waals surface area contributed by atoms with Gasteiger partial charge in [-0.1, -0.05) is 30.3 Å². The fraction of sp³-hybridized carbons (Fsp3) is 0.233. The molecule has 1 heterocycles. The zero-order chi connectivity index (χ0) is 31.5. The van der Waals surface area contributed by atoms with Crippen molar-refractivity contribution in [1.29, 1.82) is 0 Å². The number of carbonyl (C=O) groups excluding carboxylic acids is 1. The van der Waals surface area contributed by atoms with Crippen LogP contribution in [0.2, 0.25) is 0 Å². The molecule has 0 aliphatic carbocycles. The summed E-state index contributed by atoms with van der Waals surface area (Å²) in [5.41, 5.74) is 5.38. The Morgan fingerprint density at radius 3 is 2.26 bits per heavy atom. The molecule has 1 unspecified atom stereocenters. The lowest BCUT2D eigenvalue weighted by Crippen LogP contribution is -2.35. The summed E-state index contributed by atoms with van der Waals surface area (Å²) in [7, 11) is -3.42. The van der Waals surface area contributed by atoms with Crippen LogP contribution in [-0.2, 0) is 25.9 Å². The number of benzene rings is 3. The number of hydrogen-bond donors (Lipinski definition) is 2. The van der Waals surface area contributed by atoms with Crippen molar-refractivity contribution in [2.75, 3.05) is 13.7 Å². The van der Waals surface area contributed by atoms with Crippen LogP contribution in [0.5, 0.6) is 5.88 Å². The molecular weight excluding hydrogens is 584 g/mol. The summed E-state index contributed by atoms with van der Waals surface area (Å²) < 4.78 is 67.7. The number of aromatic hydroxyl groups is 1. The van der Waals surface area contributed by atoms with E-state index >= 15 is 0 Å². The van der Waals surface area contributed by atoms with Gasteiger partial charge in [-0.15, -0.1) is 0 Å². The summed E-state index contributed by atoms with van der Waals surface area (Å²) in [4.78, 5) is 28.4. The Morgan fingerprint density at radius 2 is 1.67 bits per heavy atom. The number of aromatic nitrogens is 2. The van der Waals surface area contributed by atoms with E-state index in [0.717, 1.165) is 16.7 Å².